The molecule has 0 atom stereocenters. The van der Waals surface area contributed by atoms with Crippen LogP contribution in [0.3, 0.4) is 0 Å². The van der Waals surface area contributed by atoms with Crippen molar-refractivity contribution < 1.29 is 14.3 Å². The van der Waals surface area contributed by atoms with Gasteiger partial charge in [0.25, 0.3) is 0 Å². The molecule has 1 aliphatic carbocycles. The van der Waals surface area contributed by atoms with Gasteiger partial charge >= 0.3 is 5.97 Å². The molecule has 0 bridgehead atoms. The van der Waals surface area contributed by atoms with Gasteiger partial charge in [-0.05, 0) is 26.2 Å². The van der Waals surface area contributed by atoms with E-state index in [0.29, 0.717) is 34.6 Å². The molecule has 1 aromatic rings. The lowest BCUT2D eigenvalue weighted by atomic mass is 9.86. The second-order valence-corrected chi connectivity index (χ2v) is 6.74. The van der Waals surface area contributed by atoms with Gasteiger partial charge in [-0.3, -0.25) is 4.79 Å². The predicted molar refractivity (Wildman–Crippen MR) is 87.2 cm³/mol. The first-order chi connectivity index (χ1) is 10.6. The first-order valence-corrected chi connectivity index (χ1v) is 8.86. The molecular formula is C16H24N2O3S. The minimum absolute atomic E-state index is 0.0188. The number of ether oxygens (including phenoxy) is 1. The Morgan fingerprint density at radius 1 is 1.32 bits per heavy atom. The van der Waals surface area contributed by atoms with E-state index >= 15 is 0 Å². The molecule has 5 nitrogen and oxygen atoms in total. The summed E-state index contributed by atoms with van der Waals surface area (Å²) in [5.41, 5.74) is 0.603. The van der Waals surface area contributed by atoms with Crippen LogP contribution < -0.4 is 5.32 Å². The monoisotopic (exact) mass is 324 g/mol. The molecule has 1 heterocycles. The zero-order chi connectivity index (χ0) is 15.9. The number of rotatable bonds is 6. The third-order valence-electron chi connectivity index (χ3n) is 4.01. The van der Waals surface area contributed by atoms with Crippen molar-refractivity contribution in [3.05, 3.63) is 10.6 Å². The SMILES string of the molecule is CCOC(=O)c1sc(NC(=O)CCC2CCCCC2)nc1C. The first kappa shape index (κ1) is 16.9. The zero-order valence-corrected chi connectivity index (χ0v) is 14.1. The highest BCUT2D eigenvalue weighted by molar-refractivity contribution is 7.17. The van der Waals surface area contributed by atoms with Gasteiger partial charge in [0.2, 0.25) is 5.91 Å². The standard InChI is InChI=1S/C16H24N2O3S/c1-3-21-15(20)14-11(2)17-16(22-14)18-13(19)10-9-12-7-5-4-6-8-12/h12H,3-10H2,1-2H3,(H,17,18,19). The van der Waals surface area contributed by atoms with Crippen molar-refractivity contribution in [2.75, 3.05) is 11.9 Å². The normalized spacial score (nSPS) is 15.5. The van der Waals surface area contributed by atoms with Crippen LogP contribution in [0.25, 0.3) is 0 Å². The zero-order valence-electron chi connectivity index (χ0n) is 13.3. The average Bonchev–Trinajstić information content (AvgIpc) is 2.87. The van der Waals surface area contributed by atoms with Crippen molar-refractivity contribution >= 4 is 28.3 Å². The fourth-order valence-corrected chi connectivity index (χ4v) is 3.71. The second-order valence-electron chi connectivity index (χ2n) is 5.74. The molecule has 0 unspecified atom stereocenters. The molecule has 1 aromatic heterocycles. The number of aryl methyl sites for hydroxylation is 1. The third-order valence-corrected chi connectivity index (χ3v) is 5.06. The number of esters is 1. The van der Waals surface area contributed by atoms with Gasteiger partial charge in [-0.25, -0.2) is 9.78 Å². The van der Waals surface area contributed by atoms with Crippen LogP contribution >= 0.6 is 11.3 Å². The lowest BCUT2D eigenvalue weighted by Gasteiger charge is -2.20. The van der Waals surface area contributed by atoms with Crippen LogP contribution in [-0.4, -0.2) is 23.5 Å². The van der Waals surface area contributed by atoms with E-state index in [1.807, 2.05) is 0 Å². The highest BCUT2D eigenvalue weighted by atomic mass is 32.1. The highest BCUT2D eigenvalue weighted by Gasteiger charge is 2.18. The maximum Gasteiger partial charge on any atom is 0.350 e. The Balaban J connectivity index is 1.83. The largest absolute Gasteiger partial charge is 0.462 e. The Labute approximate surface area is 135 Å². The maximum absolute atomic E-state index is 12.0. The molecule has 0 radical (unpaired) electrons. The molecule has 1 aliphatic rings. The number of nitrogens with zero attached hydrogens (tertiary/aromatic N) is 1. The number of anilines is 1. The van der Waals surface area contributed by atoms with Crippen molar-refractivity contribution in [1.29, 1.82) is 0 Å². The summed E-state index contributed by atoms with van der Waals surface area (Å²) in [4.78, 5) is 28.4. The summed E-state index contributed by atoms with van der Waals surface area (Å²) in [6.45, 7) is 3.85. The topological polar surface area (TPSA) is 68.3 Å². The van der Waals surface area contributed by atoms with Crippen molar-refractivity contribution in [1.82, 2.24) is 4.98 Å². The van der Waals surface area contributed by atoms with E-state index < -0.39 is 0 Å². The average molecular weight is 324 g/mol. The quantitative estimate of drug-likeness (QED) is 0.805. The van der Waals surface area contributed by atoms with E-state index in [0.717, 1.165) is 6.42 Å². The van der Waals surface area contributed by atoms with E-state index in [9.17, 15) is 9.59 Å². The number of hydrogen-bond donors (Lipinski definition) is 1. The van der Waals surface area contributed by atoms with Crippen LogP contribution in [-0.2, 0) is 9.53 Å². The summed E-state index contributed by atoms with van der Waals surface area (Å²) in [5.74, 6) is 0.294. The van der Waals surface area contributed by atoms with E-state index in [4.69, 9.17) is 4.74 Å². The summed E-state index contributed by atoms with van der Waals surface area (Å²) in [6, 6.07) is 0. The first-order valence-electron chi connectivity index (χ1n) is 8.04. The van der Waals surface area contributed by atoms with E-state index in [1.165, 1.54) is 43.4 Å². The third kappa shape index (κ3) is 4.80. The fraction of sp³-hybridized carbons (Fsp3) is 0.688. The van der Waals surface area contributed by atoms with Crippen molar-refractivity contribution in [3.63, 3.8) is 0 Å². The summed E-state index contributed by atoms with van der Waals surface area (Å²) >= 11 is 1.18. The minimum atomic E-state index is -0.375. The predicted octanol–water partition coefficient (Wildman–Crippen LogP) is 3.93. The number of aromatic nitrogens is 1. The fourth-order valence-electron chi connectivity index (χ4n) is 2.83. The second kappa shape index (κ2) is 8.27. The Bertz CT molecular complexity index is 521. The van der Waals surface area contributed by atoms with Gasteiger partial charge in [0.1, 0.15) is 4.88 Å². The molecule has 2 rings (SSSR count). The Morgan fingerprint density at radius 3 is 2.73 bits per heavy atom. The molecule has 22 heavy (non-hydrogen) atoms. The molecule has 6 heteroatoms. The van der Waals surface area contributed by atoms with E-state index in [2.05, 4.69) is 10.3 Å². The van der Waals surface area contributed by atoms with Crippen LogP contribution in [0.15, 0.2) is 0 Å². The summed E-state index contributed by atoms with van der Waals surface area (Å²) in [6.07, 6.45) is 7.88. The van der Waals surface area contributed by atoms with Crippen LogP contribution in [0.5, 0.6) is 0 Å². The molecule has 1 saturated carbocycles. The van der Waals surface area contributed by atoms with Crippen LogP contribution in [0.2, 0.25) is 0 Å². The Hall–Kier alpha value is -1.43. The number of nitrogens with one attached hydrogen (secondary N) is 1. The van der Waals surface area contributed by atoms with E-state index in [1.54, 1.807) is 13.8 Å². The lowest BCUT2D eigenvalue weighted by molar-refractivity contribution is -0.116. The van der Waals surface area contributed by atoms with Gasteiger partial charge in [-0.2, -0.15) is 0 Å². The molecule has 1 N–H and O–H groups in total. The van der Waals surface area contributed by atoms with Crippen LogP contribution in [0.1, 0.15) is 67.2 Å². The van der Waals surface area contributed by atoms with Gasteiger partial charge in [-0.1, -0.05) is 43.4 Å². The number of amides is 1. The number of hydrogen-bond acceptors (Lipinski definition) is 5. The van der Waals surface area contributed by atoms with Crippen molar-refractivity contribution in [3.8, 4) is 0 Å². The number of carbonyl (C=O) groups excluding carboxylic acids is 2. The number of carbonyl (C=O) groups is 2. The van der Waals surface area contributed by atoms with Gasteiger partial charge in [0, 0.05) is 6.42 Å². The smallest absolute Gasteiger partial charge is 0.350 e. The van der Waals surface area contributed by atoms with Crippen molar-refractivity contribution in [2.24, 2.45) is 5.92 Å². The molecule has 0 aromatic carbocycles. The Kier molecular flexibility index (Phi) is 6.36. The number of thiazole rings is 1. The molecule has 1 fully saturated rings. The van der Waals surface area contributed by atoms with Gasteiger partial charge < -0.3 is 10.1 Å². The molecular weight excluding hydrogens is 300 g/mol. The van der Waals surface area contributed by atoms with E-state index in [-0.39, 0.29) is 11.9 Å². The molecule has 0 saturated heterocycles. The molecule has 122 valence electrons. The van der Waals surface area contributed by atoms with Gasteiger partial charge in [0.15, 0.2) is 5.13 Å². The molecule has 0 aliphatic heterocycles. The van der Waals surface area contributed by atoms with Crippen LogP contribution in [0.4, 0.5) is 5.13 Å². The molecule has 0 spiro atoms. The van der Waals surface area contributed by atoms with Gasteiger partial charge in [0.05, 0.1) is 12.3 Å². The molecule has 1 amide bonds. The summed E-state index contributed by atoms with van der Waals surface area (Å²) < 4.78 is 4.97. The minimum Gasteiger partial charge on any atom is -0.462 e. The lowest BCUT2D eigenvalue weighted by Crippen LogP contribution is -2.14. The summed E-state index contributed by atoms with van der Waals surface area (Å²) in [7, 11) is 0. The van der Waals surface area contributed by atoms with Crippen molar-refractivity contribution in [2.45, 2.75) is 58.8 Å². The maximum atomic E-state index is 12.0. The Morgan fingerprint density at radius 2 is 2.05 bits per heavy atom. The summed E-state index contributed by atoms with van der Waals surface area (Å²) in [5, 5.41) is 3.28. The highest BCUT2D eigenvalue weighted by Crippen LogP contribution is 2.28. The van der Waals surface area contributed by atoms with Gasteiger partial charge in [-0.15, -0.1) is 0 Å². The van der Waals surface area contributed by atoms with Crippen LogP contribution in [0, 0.1) is 12.8 Å².